The molecule has 2 aromatic rings. The molecule has 0 heterocycles. The van der Waals surface area contributed by atoms with E-state index in [1.807, 2.05) is 44.2 Å². The molecule has 4 fully saturated rings. The highest BCUT2D eigenvalue weighted by molar-refractivity contribution is 5.93. The summed E-state index contributed by atoms with van der Waals surface area (Å²) in [6, 6.07) is 12.7. The molecule has 12 heteroatoms. The van der Waals surface area contributed by atoms with Crippen molar-refractivity contribution in [3.05, 3.63) is 65.7 Å². The van der Waals surface area contributed by atoms with E-state index >= 15 is 0 Å². The van der Waals surface area contributed by atoms with Gasteiger partial charge >= 0.3 is 5.97 Å². The highest BCUT2D eigenvalue weighted by Crippen LogP contribution is 2.57. The van der Waals surface area contributed by atoms with E-state index in [2.05, 4.69) is 21.3 Å². The highest BCUT2D eigenvalue weighted by Gasteiger charge is 2.53. The fourth-order valence-corrected chi connectivity index (χ4v) is 8.22. The molecule has 0 unspecified atom stereocenters. The lowest BCUT2D eigenvalue weighted by atomic mass is 9.54. The van der Waals surface area contributed by atoms with E-state index in [-0.39, 0.29) is 24.5 Å². The summed E-state index contributed by atoms with van der Waals surface area (Å²) in [6.07, 6.45) is 7.09. The van der Waals surface area contributed by atoms with Crippen molar-refractivity contribution in [1.29, 1.82) is 0 Å². The molecular formula is C38H51N5O7. The van der Waals surface area contributed by atoms with E-state index < -0.39 is 66.4 Å². The molecule has 4 saturated carbocycles. The van der Waals surface area contributed by atoms with E-state index in [0.717, 1.165) is 30.4 Å². The number of phenolic OH excluding ortho intramolecular Hbond substituents is 1. The molecule has 12 nitrogen and oxygen atoms in total. The molecule has 0 aliphatic heterocycles. The van der Waals surface area contributed by atoms with Crippen molar-refractivity contribution >= 4 is 29.6 Å². The normalized spacial score (nSPS) is 23.7. The van der Waals surface area contributed by atoms with E-state index in [9.17, 15) is 29.1 Å². The van der Waals surface area contributed by atoms with Crippen molar-refractivity contribution in [3.8, 4) is 5.75 Å². The summed E-state index contributed by atoms with van der Waals surface area (Å²) in [4.78, 5) is 65.4. The Labute approximate surface area is 293 Å². The molecule has 2 aromatic carbocycles. The number of nitrogens with two attached hydrogens (primary N) is 1. The topological polar surface area (TPSA) is 189 Å². The second kappa shape index (κ2) is 16.5. The van der Waals surface area contributed by atoms with E-state index in [1.54, 1.807) is 12.1 Å². The number of hydrogen-bond donors (Lipinski definition) is 6. The molecule has 4 bridgehead atoms. The average Bonchev–Trinajstić information content (AvgIpc) is 3.06. The van der Waals surface area contributed by atoms with Gasteiger partial charge in [0.05, 0.1) is 19.1 Å². The lowest BCUT2D eigenvalue weighted by Gasteiger charge is -2.55. The van der Waals surface area contributed by atoms with Crippen LogP contribution in [0.1, 0.15) is 69.9 Å². The number of carbonyl (C=O) groups is 5. The van der Waals surface area contributed by atoms with Gasteiger partial charge in [0, 0.05) is 6.42 Å². The number of rotatable bonds is 16. The summed E-state index contributed by atoms with van der Waals surface area (Å²) in [6.45, 7) is 3.13. The van der Waals surface area contributed by atoms with Crippen molar-refractivity contribution in [1.82, 2.24) is 21.3 Å². The first-order valence-electron chi connectivity index (χ1n) is 17.8. The van der Waals surface area contributed by atoms with Crippen molar-refractivity contribution < 1.29 is 33.8 Å². The van der Waals surface area contributed by atoms with Crippen LogP contribution in [0.15, 0.2) is 54.6 Å². The minimum atomic E-state index is -1.03. The fraction of sp³-hybridized carbons (Fsp3) is 0.553. The first kappa shape index (κ1) is 36.8. The molecule has 0 saturated heterocycles. The lowest BCUT2D eigenvalue weighted by Crippen LogP contribution is -2.57. The van der Waals surface area contributed by atoms with Crippen LogP contribution in [0, 0.1) is 23.7 Å². The number of phenols is 1. The maximum Gasteiger partial charge on any atom is 0.329 e. The van der Waals surface area contributed by atoms with Crippen molar-refractivity contribution in [2.24, 2.45) is 29.4 Å². The van der Waals surface area contributed by atoms with Crippen LogP contribution in [0.25, 0.3) is 0 Å². The van der Waals surface area contributed by atoms with Gasteiger partial charge in [-0.15, -0.1) is 0 Å². The Bertz CT molecular complexity index is 1480. The van der Waals surface area contributed by atoms with E-state index in [1.165, 1.54) is 31.4 Å². The number of benzene rings is 2. The van der Waals surface area contributed by atoms with Crippen LogP contribution in [0.5, 0.6) is 5.75 Å². The smallest absolute Gasteiger partial charge is 0.329 e. The molecule has 4 amide bonds. The number of esters is 1. The van der Waals surface area contributed by atoms with Gasteiger partial charge in [0.2, 0.25) is 23.6 Å². The largest absolute Gasteiger partial charge is 0.508 e. The second-order valence-corrected chi connectivity index (χ2v) is 15.0. The SMILES string of the molecule is CC(C)C[C@H](NC(=O)[C@H](Cc1ccccc1)NC(=O)CNC(=O)CNC(=O)[C@@H](N)Cc1ccc(O)cc1)C(=O)OC12CC3CC(CC(C3)C1)C2. The monoisotopic (exact) mass is 689 g/mol. The van der Waals surface area contributed by atoms with Crippen LogP contribution in [0.3, 0.4) is 0 Å². The third-order valence-electron chi connectivity index (χ3n) is 10.1. The average molecular weight is 690 g/mol. The van der Waals surface area contributed by atoms with Crippen LogP contribution in [0.4, 0.5) is 0 Å². The molecule has 7 N–H and O–H groups in total. The van der Waals surface area contributed by atoms with E-state index in [4.69, 9.17) is 10.5 Å². The molecule has 0 spiro atoms. The number of carbonyl (C=O) groups excluding carboxylic acids is 5. The van der Waals surface area contributed by atoms with Gasteiger partial charge in [0.15, 0.2) is 0 Å². The van der Waals surface area contributed by atoms with Crippen LogP contribution in [-0.4, -0.2) is 71.5 Å². The standard InChI is InChI=1S/C38H51N5O7/c1-23(2)12-32(37(49)50-38-18-26-13-27(19-38)15-28(14-26)20-38)43-36(48)31(17-24-6-4-3-5-7-24)42-34(46)22-40-33(45)21-41-35(47)30(39)16-25-8-10-29(44)11-9-25/h3-11,23,26-28,30-32,44H,12-22,39H2,1-2H3,(H,40,45)(H,41,47)(H,42,46)(H,43,48)/t26?,27?,28?,30-,31-,32-,38?/m0/s1. The Kier molecular flexibility index (Phi) is 12.2. The Balaban J connectivity index is 1.15. The highest BCUT2D eigenvalue weighted by atomic mass is 16.6. The minimum absolute atomic E-state index is 0.0990. The Hall–Kier alpha value is -4.45. The third-order valence-corrected chi connectivity index (χ3v) is 10.1. The summed E-state index contributed by atoms with van der Waals surface area (Å²) < 4.78 is 6.31. The zero-order valence-electron chi connectivity index (χ0n) is 29.0. The van der Waals surface area contributed by atoms with Gasteiger partial charge < -0.3 is 36.8 Å². The zero-order chi connectivity index (χ0) is 35.8. The van der Waals surface area contributed by atoms with Gasteiger partial charge in [0.25, 0.3) is 0 Å². The van der Waals surface area contributed by atoms with E-state index in [0.29, 0.717) is 24.2 Å². The summed E-state index contributed by atoms with van der Waals surface area (Å²) in [5.74, 6) is -0.704. The predicted octanol–water partition coefficient (Wildman–Crippen LogP) is 2.26. The molecule has 0 aromatic heterocycles. The van der Waals surface area contributed by atoms with Gasteiger partial charge in [-0.2, -0.15) is 0 Å². The number of ether oxygens (including phenoxy) is 1. The first-order valence-corrected chi connectivity index (χ1v) is 17.8. The fourth-order valence-electron chi connectivity index (χ4n) is 8.22. The maximum absolute atomic E-state index is 13.8. The molecule has 0 radical (unpaired) electrons. The van der Waals surface area contributed by atoms with Gasteiger partial charge in [-0.1, -0.05) is 56.3 Å². The molecule has 4 aliphatic rings. The molecule has 3 atom stereocenters. The predicted molar refractivity (Wildman–Crippen MR) is 186 cm³/mol. The number of aromatic hydroxyl groups is 1. The summed E-state index contributed by atoms with van der Waals surface area (Å²) in [5, 5.41) is 20.0. The Morgan fingerprint density at radius 1 is 0.760 bits per heavy atom. The zero-order valence-corrected chi connectivity index (χ0v) is 29.0. The number of amides is 4. The molecule has 50 heavy (non-hydrogen) atoms. The first-order chi connectivity index (χ1) is 23.9. The Morgan fingerprint density at radius 3 is 1.94 bits per heavy atom. The van der Waals surface area contributed by atoms with Crippen molar-refractivity contribution in [2.45, 2.75) is 95.4 Å². The Morgan fingerprint density at radius 2 is 1.34 bits per heavy atom. The third kappa shape index (κ3) is 10.3. The quantitative estimate of drug-likeness (QED) is 0.145. The van der Waals surface area contributed by atoms with Crippen LogP contribution in [0.2, 0.25) is 0 Å². The second-order valence-electron chi connectivity index (χ2n) is 15.0. The molecule has 4 aliphatic carbocycles. The maximum atomic E-state index is 13.8. The van der Waals surface area contributed by atoms with Gasteiger partial charge in [-0.25, -0.2) is 4.79 Å². The number of hydrogen-bond acceptors (Lipinski definition) is 8. The molecular weight excluding hydrogens is 638 g/mol. The minimum Gasteiger partial charge on any atom is -0.508 e. The van der Waals surface area contributed by atoms with Crippen molar-refractivity contribution in [3.63, 3.8) is 0 Å². The molecule has 6 rings (SSSR count). The lowest BCUT2D eigenvalue weighted by molar-refractivity contribution is -0.189. The van der Waals surface area contributed by atoms with Crippen LogP contribution >= 0.6 is 0 Å². The van der Waals surface area contributed by atoms with Crippen LogP contribution < -0.4 is 27.0 Å². The molecule has 270 valence electrons. The van der Waals surface area contributed by atoms with Gasteiger partial charge in [-0.05, 0) is 98.3 Å². The van der Waals surface area contributed by atoms with Gasteiger partial charge in [-0.3, -0.25) is 19.2 Å². The summed E-state index contributed by atoms with van der Waals surface area (Å²) in [7, 11) is 0. The summed E-state index contributed by atoms with van der Waals surface area (Å²) >= 11 is 0. The van der Waals surface area contributed by atoms with Crippen molar-refractivity contribution in [2.75, 3.05) is 13.1 Å². The summed E-state index contributed by atoms with van der Waals surface area (Å²) in [5.41, 5.74) is 7.07. The number of nitrogens with one attached hydrogen (secondary N) is 4. The van der Waals surface area contributed by atoms with Crippen LogP contribution in [-0.2, 0) is 41.6 Å². The van der Waals surface area contributed by atoms with Gasteiger partial charge in [0.1, 0.15) is 23.4 Å².